The highest BCUT2D eigenvalue weighted by Crippen LogP contribution is 2.51. The minimum absolute atomic E-state index is 0.150. The second-order valence-electron chi connectivity index (χ2n) is 10.2. The molecule has 3 heterocycles. The molecule has 3 nitrogen and oxygen atoms in total. The van der Waals surface area contributed by atoms with E-state index in [-0.39, 0.29) is 5.41 Å². The van der Waals surface area contributed by atoms with Gasteiger partial charge in [-0.2, -0.15) is 0 Å². The van der Waals surface area contributed by atoms with Crippen molar-refractivity contribution in [2.75, 3.05) is 0 Å². The lowest BCUT2D eigenvalue weighted by Gasteiger charge is -2.19. The maximum atomic E-state index is 6.75. The third-order valence-corrected chi connectivity index (χ3v) is 7.38. The van der Waals surface area contributed by atoms with Gasteiger partial charge in [0.2, 0.25) is 0 Å². The van der Waals surface area contributed by atoms with Crippen molar-refractivity contribution in [1.29, 1.82) is 0 Å². The van der Waals surface area contributed by atoms with Gasteiger partial charge in [-0.1, -0.05) is 64.1 Å². The average Bonchev–Trinajstić information content (AvgIpc) is 3.26. The van der Waals surface area contributed by atoms with Crippen molar-refractivity contribution < 1.29 is 4.42 Å². The van der Waals surface area contributed by atoms with Gasteiger partial charge in [0.1, 0.15) is 11.2 Å². The summed E-state index contributed by atoms with van der Waals surface area (Å²) in [6.07, 6.45) is 4.02. The number of furan rings is 1. The molecule has 5 aromatic rings. The molecule has 3 aromatic heterocycles. The standard InChI is InChI=1S/C30H28N2O/c1-16(2)21-14-31-24(13-18(21)4)25-17(3)11-12-19-22-15-32-29-26(28(22)33-27(19)25)20-9-7-8-10-23(20)30(29,5)6/h7-16H,1-6H3. The van der Waals surface area contributed by atoms with Gasteiger partial charge in [0.05, 0.1) is 11.4 Å². The highest BCUT2D eigenvalue weighted by atomic mass is 16.3. The van der Waals surface area contributed by atoms with Crippen molar-refractivity contribution in [3.8, 4) is 22.4 Å². The van der Waals surface area contributed by atoms with E-state index in [9.17, 15) is 0 Å². The Morgan fingerprint density at radius 1 is 0.818 bits per heavy atom. The van der Waals surface area contributed by atoms with E-state index < -0.39 is 0 Å². The summed E-state index contributed by atoms with van der Waals surface area (Å²) in [6, 6.07) is 15.2. The molecule has 2 aromatic carbocycles. The van der Waals surface area contributed by atoms with Gasteiger partial charge < -0.3 is 4.42 Å². The number of rotatable bonds is 2. The minimum Gasteiger partial charge on any atom is -0.455 e. The number of hydrogen-bond donors (Lipinski definition) is 0. The number of benzene rings is 2. The quantitative estimate of drug-likeness (QED) is 0.283. The molecule has 0 spiro atoms. The Balaban J connectivity index is 1.68. The molecule has 6 rings (SSSR count). The smallest absolute Gasteiger partial charge is 0.146 e. The second kappa shape index (κ2) is 6.77. The van der Waals surface area contributed by atoms with Crippen LogP contribution in [-0.4, -0.2) is 9.97 Å². The highest BCUT2D eigenvalue weighted by Gasteiger charge is 2.39. The predicted octanol–water partition coefficient (Wildman–Crippen LogP) is 8.09. The van der Waals surface area contributed by atoms with Crippen LogP contribution in [0.15, 0.2) is 59.3 Å². The van der Waals surface area contributed by atoms with Gasteiger partial charge in [-0.15, -0.1) is 0 Å². The van der Waals surface area contributed by atoms with Crippen LogP contribution in [0, 0.1) is 13.8 Å². The Morgan fingerprint density at radius 3 is 2.33 bits per heavy atom. The molecule has 0 N–H and O–H groups in total. The number of nitrogens with zero attached hydrogens (tertiary/aromatic N) is 2. The van der Waals surface area contributed by atoms with Gasteiger partial charge in [0, 0.05) is 39.7 Å². The van der Waals surface area contributed by atoms with Crippen LogP contribution in [0.4, 0.5) is 0 Å². The number of pyridine rings is 2. The predicted molar refractivity (Wildman–Crippen MR) is 136 cm³/mol. The lowest BCUT2D eigenvalue weighted by Crippen LogP contribution is -2.16. The second-order valence-corrected chi connectivity index (χ2v) is 10.2. The fourth-order valence-corrected chi connectivity index (χ4v) is 5.62. The third-order valence-electron chi connectivity index (χ3n) is 7.38. The molecule has 0 atom stereocenters. The topological polar surface area (TPSA) is 38.9 Å². The van der Waals surface area contributed by atoms with Crippen molar-refractivity contribution in [2.45, 2.75) is 52.9 Å². The molecule has 0 unspecified atom stereocenters. The van der Waals surface area contributed by atoms with E-state index in [4.69, 9.17) is 14.4 Å². The molecule has 3 heteroatoms. The molecule has 0 aliphatic heterocycles. The van der Waals surface area contributed by atoms with Gasteiger partial charge in [-0.3, -0.25) is 9.97 Å². The SMILES string of the molecule is Cc1cc(-c2c(C)ccc3c2oc2c4c(ncc23)C(C)(C)c2ccccc2-4)ncc1C(C)C. The summed E-state index contributed by atoms with van der Waals surface area (Å²) in [5.41, 5.74) is 12.2. The van der Waals surface area contributed by atoms with Crippen LogP contribution in [0.25, 0.3) is 44.3 Å². The molecule has 0 bridgehead atoms. The molecule has 164 valence electrons. The van der Waals surface area contributed by atoms with Crippen molar-refractivity contribution in [1.82, 2.24) is 9.97 Å². The summed E-state index contributed by atoms with van der Waals surface area (Å²) in [7, 11) is 0. The fourth-order valence-electron chi connectivity index (χ4n) is 5.62. The maximum absolute atomic E-state index is 6.75. The Bertz CT molecular complexity index is 1590. The normalized spacial score (nSPS) is 14.3. The van der Waals surface area contributed by atoms with Crippen LogP contribution in [-0.2, 0) is 5.41 Å². The van der Waals surface area contributed by atoms with E-state index in [1.807, 2.05) is 12.4 Å². The molecule has 0 saturated heterocycles. The molecular formula is C30H28N2O. The number of aromatic nitrogens is 2. The molecule has 33 heavy (non-hydrogen) atoms. The van der Waals surface area contributed by atoms with Crippen molar-refractivity contribution in [3.05, 3.63) is 82.8 Å². The van der Waals surface area contributed by atoms with Crippen molar-refractivity contribution >= 4 is 21.9 Å². The first kappa shape index (κ1) is 20.2. The summed E-state index contributed by atoms with van der Waals surface area (Å²) >= 11 is 0. The zero-order chi connectivity index (χ0) is 23.1. The summed E-state index contributed by atoms with van der Waals surface area (Å²) in [5, 5.41) is 2.16. The van der Waals surface area contributed by atoms with Crippen LogP contribution in [0.5, 0.6) is 0 Å². The van der Waals surface area contributed by atoms with E-state index in [2.05, 4.69) is 84.0 Å². The monoisotopic (exact) mass is 432 g/mol. The average molecular weight is 433 g/mol. The molecule has 1 aliphatic rings. The van der Waals surface area contributed by atoms with Gasteiger partial charge in [-0.25, -0.2) is 0 Å². The van der Waals surface area contributed by atoms with E-state index in [0.717, 1.165) is 50.0 Å². The van der Waals surface area contributed by atoms with E-state index in [1.54, 1.807) is 0 Å². The van der Waals surface area contributed by atoms with E-state index >= 15 is 0 Å². The fraction of sp³-hybridized carbons (Fsp3) is 0.267. The van der Waals surface area contributed by atoms with Crippen molar-refractivity contribution in [3.63, 3.8) is 0 Å². The van der Waals surface area contributed by atoms with Crippen LogP contribution < -0.4 is 0 Å². The Kier molecular flexibility index (Phi) is 4.14. The molecule has 0 fully saturated rings. The third kappa shape index (κ3) is 2.68. The van der Waals surface area contributed by atoms with E-state index in [0.29, 0.717) is 5.92 Å². The number of fused-ring (bicyclic) bond motifs is 7. The first-order chi connectivity index (χ1) is 15.8. The minimum atomic E-state index is -0.150. The number of aryl methyl sites for hydroxylation is 2. The summed E-state index contributed by atoms with van der Waals surface area (Å²) < 4.78 is 6.75. The largest absolute Gasteiger partial charge is 0.455 e. The maximum Gasteiger partial charge on any atom is 0.146 e. The summed E-state index contributed by atoms with van der Waals surface area (Å²) in [5.74, 6) is 0.451. The highest BCUT2D eigenvalue weighted by molar-refractivity contribution is 6.14. The van der Waals surface area contributed by atoms with Crippen LogP contribution >= 0.6 is 0 Å². The summed E-state index contributed by atoms with van der Waals surface area (Å²) in [6.45, 7) is 13.2. The van der Waals surface area contributed by atoms with Gasteiger partial charge in [-0.05, 0) is 53.6 Å². The van der Waals surface area contributed by atoms with E-state index in [1.165, 1.54) is 22.3 Å². The molecular weight excluding hydrogens is 404 g/mol. The molecule has 0 saturated carbocycles. The molecule has 0 amide bonds. The first-order valence-electron chi connectivity index (χ1n) is 11.7. The van der Waals surface area contributed by atoms with Crippen molar-refractivity contribution in [2.24, 2.45) is 0 Å². The van der Waals surface area contributed by atoms with Crippen LogP contribution in [0.3, 0.4) is 0 Å². The Hall–Kier alpha value is -3.46. The Labute approximate surface area is 194 Å². The first-order valence-corrected chi connectivity index (χ1v) is 11.7. The molecule has 0 radical (unpaired) electrons. The van der Waals surface area contributed by atoms with Crippen LogP contribution in [0.2, 0.25) is 0 Å². The van der Waals surface area contributed by atoms with Crippen LogP contribution in [0.1, 0.15) is 61.6 Å². The lowest BCUT2D eigenvalue weighted by molar-refractivity contribution is 0.633. The zero-order valence-electron chi connectivity index (χ0n) is 20.1. The molecule has 1 aliphatic carbocycles. The van der Waals surface area contributed by atoms with Gasteiger partial charge in [0.25, 0.3) is 0 Å². The lowest BCUT2D eigenvalue weighted by atomic mass is 9.85. The van der Waals surface area contributed by atoms with Gasteiger partial charge in [0.15, 0.2) is 0 Å². The number of hydrogen-bond acceptors (Lipinski definition) is 3. The van der Waals surface area contributed by atoms with Gasteiger partial charge >= 0.3 is 0 Å². The zero-order valence-corrected chi connectivity index (χ0v) is 20.1. The summed E-state index contributed by atoms with van der Waals surface area (Å²) in [4.78, 5) is 9.84. The Morgan fingerprint density at radius 2 is 1.58 bits per heavy atom.